The molecule has 1 aromatic rings. The van der Waals surface area contributed by atoms with Crippen LogP contribution in [0.4, 0.5) is 0 Å². The van der Waals surface area contributed by atoms with Crippen LogP contribution < -0.4 is 10.1 Å². The molecule has 1 N–H and O–H groups in total. The van der Waals surface area contributed by atoms with Gasteiger partial charge in [-0.25, -0.2) is 0 Å². The number of likely N-dealkylation sites (tertiary alicyclic amines) is 1. The first-order chi connectivity index (χ1) is 9.59. The molecule has 0 radical (unpaired) electrons. The molecule has 3 nitrogen and oxygen atoms in total. The lowest BCUT2D eigenvalue weighted by molar-refractivity contribution is 0.0632. The maximum Gasteiger partial charge on any atom is 0.119 e. The van der Waals surface area contributed by atoms with Gasteiger partial charge in [-0.1, -0.05) is 18.6 Å². The summed E-state index contributed by atoms with van der Waals surface area (Å²) in [5, 5.41) is 3.51. The van der Waals surface area contributed by atoms with Gasteiger partial charge in [-0.3, -0.25) is 4.90 Å². The van der Waals surface area contributed by atoms with E-state index in [1.165, 1.54) is 37.9 Å². The quantitative estimate of drug-likeness (QED) is 0.893. The van der Waals surface area contributed by atoms with Gasteiger partial charge in [-0.2, -0.15) is 0 Å². The first kappa shape index (κ1) is 15.3. The minimum Gasteiger partial charge on any atom is -0.497 e. The molecule has 0 spiro atoms. The summed E-state index contributed by atoms with van der Waals surface area (Å²) in [7, 11) is 3.78. The highest BCUT2D eigenvalue weighted by Crippen LogP contribution is 2.34. The molecule has 0 bridgehead atoms. The van der Waals surface area contributed by atoms with Crippen LogP contribution in [0.2, 0.25) is 0 Å². The van der Waals surface area contributed by atoms with Crippen molar-refractivity contribution in [3.05, 3.63) is 29.8 Å². The number of ether oxygens (including phenoxy) is 1. The predicted molar refractivity (Wildman–Crippen MR) is 84.3 cm³/mol. The Bertz CT molecular complexity index is 425. The third-order valence-electron chi connectivity index (χ3n) is 4.59. The Morgan fingerprint density at radius 3 is 2.50 bits per heavy atom. The summed E-state index contributed by atoms with van der Waals surface area (Å²) in [6.07, 6.45) is 4.01. The summed E-state index contributed by atoms with van der Waals surface area (Å²) in [6, 6.07) is 8.72. The fourth-order valence-electron chi connectivity index (χ4n) is 3.40. The van der Waals surface area contributed by atoms with Crippen molar-refractivity contribution in [3.8, 4) is 5.75 Å². The Kier molecular flexibility index (Phi) is 5.06. The highest BCUT2D eigenvalue weighted by molar-refractivity contribution is 5.32. The van der Waals surface area contributed by atoms with Gasteiger partial charge in [-0.05, 0) is 64.5 Å². The number of hydrogen-bond acceptors (Lipinski definition) is 3. The van der Waals surface area contributed by atoms with Gasteiger partial charge in [0, 0.05) is 5.54 Å². The maximum absolute atomic E-state index is 5.37. The van der Waals surface area contributed by atoms with Crippen molar-refractivity contribution in [2.24, 2.45) is 0 Å². The maximum atomic E-state index is 5.37. The van der Waals surface area contributed by atoms with Crippen LogP contribution in [0.5, 0.6) is 5.75 Å². The molecule has 2 rings (SSSR count). The number of nitrogens with zero attached hydrogens (tertiary/aromatic N) is 1. The van der Waals surface area contributed by atoms with Crippen LogP contribution >= 0.6 is 0 Å². The summed E-state index contributed by atoms with van der Waals surface area (Å²) in [5.74, 6) is 0.928. The molecule has 3 heteroatoms. The molecule has 0 aromatic heterocycles. The third-order valence-corrected chi connectivity index (χ3v) is 4.59. The van der Waals surface area contributed by atoms with Crippen molar-refractivity contribution in [1.82, 2.24) is 10.2 Å². The van der Waals surface area contributed by atoms with Crippen LogP contribution in [0.1, 0.15) is 44.7 Å². The number of nitrogens with one attached hydrogen (secondary N) is 1. The van der Waals surface area contributed by atoms with Gasteiger partial charge in [0.15, 0.2) is 0 Å². The lowest BCUT2D eigenvalue weighted by atomic mass is 9.85. The Balaban J connectivity index is 2.24. The van der Waals surface area contributed by atoms with E-state index in [0.717, 1.165) is 5.75 Å². The van der Waals surface area contributed by atoms with Crippen LogP contribution in [0.15, 0.2) is 24.3 Å². The van der Waals surface area contributed by atoms with E-state index in [9.17, 15) is 0 Å². The predicted octanol–water partition coefficient (Wildman–Crippen LogP) is 3.22. The van der Waals surface area contributed by atoms with Gasteiger partial charge in [0.1, 0.15) is 5.75 Å². The van der Waals surface area contributed by atoms with Gasteiger partial charge in [-0.15, -0.1) is 0 Å². The highest BCUT2D eigenvalue weighted by Gasteiger charge is 2.36. The number of hydrogen-bond donors (Lipinski definition) is 1. The topological polar surface area (TPSA) is 24.5 Å². The van der Waals surface area contributed by atoms with E-state index < -0.39 is 0 Å². The largest absolute Gasteiger partial charge is 0.497 e. The second-order valence-corrected chi connectivity index (χ2v) is 6.20. The van der Waals surface area contributed by atoms with E-state index in [4.69, 9.17) is 4.74 Å². The Labute approximate surface area is 123 Å². The zero-order chi connectivity index (χ0) is 14.6. The summed E-state index contributed by atoms with van der Waals surface area (Å²) in [4.78, 5) is 2.62. The Hall–Kier alpha value is -1.06. The summed E-state index contributed by atoms with van der Waals surface area (Å²) in [6.45, 7) is 7.10. The number of rotatable bonds is 5. The van der Waals surface area contributed by atoms with Crippen molar-refractivity contribution in [3.63, 3.8) is 0 Å². The zero-order valence-electron chi connectivity index (χ0n) is 13.3. The van der Waals surface area contributed by atoms with Gasteiger partial charge < -0.3 is 10.1 Å². The zero-order valence-corrected chi connectivity index (χ0v) is 13.3. The van der Waals surface area contributed by atoms with E-state index in [1.54, 1.807) is 7.11 Å². The van der Waals surface area contributed by atoms with E-state index in [1.807, 2.05) is 6.07 Å². The van der Waals surface area contributed by atoms with Gasteiger partial charge >= 0.3 is 0 Å². The summed E-state index contributed by atoms with van der Waals surface area (Å²) < 4.78 is 5.37. The minimum absolute atomic E-state index is 0.0987. The summed E-state index contributed by atoms with van der Waals surface area (Å²) in [5.41, 5.74) is 1.39. The molecule has 0 saturated carbocycles. The van der Waals surface area contributed by atoms with Gasteiger partial charge in [0.2, 0.25) is 0 Å². The van der Waals surface area contributed by atoms with Crippen LogP contribution in [0, 0.1) is 0 Å². The van der Waals surface area contributed by atoms with Crippen molar-refractivity contribution >= 4 is 0 Å². The van der Waals surface area contributed by atoms with Crippen LogP contribution in [0.3, 0.4) is 0 Å². The molecule has 1 saturated heterocycles. The smallest absolute Gasteiger partial charge is 0.119 e. The molecule has 20 heavy (non-hydrogen) atoms. The van der Waals surface area contributed by atoms with Gasteiger partial charge in [0.05, 0.1) is 13.2 Å². The molecule has 1 atom stereocenters. The molecule has 1 aliphatic rings. The SMILES string of the molecule is CNC(c1cccc(OC)c1)C(C)(C)N1CCCCC1. The first-order valence-corrected chi connectivity index (χ1v) is 7.66. The van der Waals surface area contributed by atoms with E-state index in [-0.39, 0.29) is 5.54 Å². The summed E-state index contributed by atoms with van der Waals surface area (Å²) >= 11 is 0. The fraction of sp³-hybridized carbons (Fsp3) is 0.647. The number of methoxy groups -OCH3 is 1. The number of likely N-dealkylation sites (N-methyl/N-ethyl adjacent to an activating group) is 1. The molecular formula is C17H28N2O. The molecule has 0 amide bonds. The normalized spacial score (nSPS) is 18.8. The monoisotopic (exact) mass is 276 g/mol. The number of benzene rings is 1. The molecule has 0 aliphatic carbocycles. The van der Waals surface area contributed by atoms with E-state index in [2.05, 4.69) is 49.3 Å². The second-order valence-electron chi connectivity index (χ2n) is 6.20. The van der Waals surface area contributed by atoms with Crippen molar-refractivity contribution in [2.75, 3.05) is 27.2 Å². The second kappa shape index (κ2) is 6.59. The lowest BCUT2D eigenvalue weighted by Gasteiger charge is -2.46. The molecule has 112 valence electrons. The highest BCUT2D eigenvalue weighted by atomic mass is 16.5. The molecular weight excluding hydrogens is 248 g/mol. The van der Waals surface area contributed by atoms with E-state index in [0.29, 0.717) is 6.04 Å². The van der Waals surface area contributed by atoms with E-state index >= 15 is 0 Å². The fourth-order valence-corrected chi connectivity index (χ4v) is 3.40. The molecule has 1 aliphatic heterocycles. The van der Waals surface area contributed by atoms with Crippen molar-refractivity contribution in [1.29, 1.82) is 0 Å². The van der Waals surface area contributed by atoms with Crippen molar-refractivity contribution in [2.45, 2.75) is 44.7 Å². The van der Waals surface area contributed by atoms with Crippen molar-refractivity contribution < 1.29 is 4.74 Å². The number of piperidine rings is 1. The molecule has 1 heterocycles. The third kappa shape index (κ3) is 3.15. The van der Waals surface area contributed by atoms with Crippen LogP contribution in [-0.2, 0) is 0 Å². The van der Waals surface area contributed by atoms with Crippen LogP contribution in [0.25, 0.3) is 0 Å². The average molecular weight is 276 g/mol. The van der Waals surface area contributed by atoms with Gasteiger partial charge in [0.25, 0.3) is 0 Å². The molecule has 1 aromatic carbocycles. The first-order valence-electron chi connectivity index (χ1n) is 7.66. The Morgan fingerprint density at radius 1 is 1.20 bits per heavy atom. The molecule has 1 fully saturated rings. The lowest BCUT2D eigenvalue weighted by Crippen LogP contribution is -2.53. The minimum atomic E-state index is 0.0987. The van der Waals surface area contributed by atoms with Crippen LogP contribution in [-0.4, -0.2) is 37.7 Å². The average Bonchev–Trinajstić information content (AvgIpc) is 2.49. The standard InChI is InChI=1S/C17H28N2O/c1-17(2,19-11-6-5-7-12-19)16(18-3)14-9-8-10-15(13-14)20-4/h8-10,13,16,18H,5-7,11-12H2,1-4H3. The Morgan fingerprint density at radius 2 is 1.90 bits per heavy atom. The molecule has 1 unspecified atom stereocenters.